The van der Waals surface area contributed by atoms with Gasteiger partial charge in [-0.1, -0.05) is 23.2 Å². The van der Waals surface area contributed by atoms with Gasteiger partial charge in [0.15, 0.2) is 11.3 Å². The smallest absolute Gasteiger partial charge is 0.342 e. The number of esters is 1. The van der Waals surface area contributed by atoms with Crippen molar-refractivity contribution in [3.05, 3.63) is 52.3 Å². The average Bonchev–Trinajstić information content (AvgIpc) is 2.56. The highest BCUT2D eigenvalue weighted by molar-refractivity contribution is 6.32. The van der Waals surface area contributed by atoms with Crippen LogP contribution in [0.4, 0.5) is 5.69 Å². The Morgan fingerprint density at radius 2 is 2.00 bits per heavy atom. The number of anilines is 1. The molecule has 2 aromatic rings. The third-order valence-corrected chi connectivity index (χ3v) is 3.59. The van der Waals surface area contributed by atoms with E-state index in [0.717, 1.165) is 0 Å². The Morgan fingerprint density at radius 3 is 2.67 bits per heavy atom. The monoisotopic (exact) mass is 368 g/mol. The molecule has 8 heteroatoms. The number of hydrogen-bond donors (Lipinski definition) is 1. The average molecular weight is 369 g/mol. The maximum Gasteiger partial charge on any atom is 0.342 e. The molecule has 24 heavy (non-hydrogen) atoms. The fourth-order valence-electron chi connectivity index (χ4n) is 1.83. The molecule has 0 fully saturated rings. The largest absolute Gasteiger partial charge is 0.496 e. The first-order valence-electron chi connectivity index (χ1n) is 6.88. The van der Waals surface area contributed by atoms with Crippen LogP contribution in [0, 0.1) is 0 Å². The minimum atomic E-state index is -1.06. The van der Waals surface area contributed by atoms with Gasteiger partial charge in [-0.15, -0.1) is 0 Å². The molecule has 0 saturated carbocycles. The standard InChI is InChI=1S/C16H14Cl2N2O4/c1-9(15(21)20-12-4-3-7-19-14(12)18)24-16(22)11-8-10(17)5-6-13(11)23-2/h3-9H,1-2H3,(H,20,21)/t9-/m0/s1. The number of rotatable bonds is 5. The molecule has 0 bridgehead atoms. The van der Waals surface area contributed by atoms with Crippen molar-refractivity contribution in [2.24, 2.45) is 0 Å². The molecule has 1 aromatic heterocycles. The number of carbonyl (C=O) groups excluding carboxylic acids is 2. The Morgan fingerprint density at radius 1 is 1.25 bits per heavy atom. The van der Waals surface area contributed by atoms with E-state index in [1.165, 1.54) is 26.3 Å². The SMILES string of the molecule is COc1ccc(Cl)cc1C(=O)O[C@@H](C)C(=O)Nc1cccnc1Cl. The molecule has 126 valence electrons. The molecular formula is C16H14Cl2N2O4. The molecule has 1 N–H and O–H groups in total. The minimum Gasteiger partial charge on any atom is -0.496 e. The maximum atomic E-state index is 12.2. The molecule has 6 nitrogen and oxygen atoms in total. The molecule has 1 atom stereocenters. The van der Waals surface area contributed by atoms with E-state index in [1.807, 2.05) is 0 Å². The Kier molecular flexibility index (Phi) is 6.00. The van der Waals surface area contributed by atoms with Crippen molar-refractivity contribution in [3.8, 4) is 5.75 Å². The van der Waals surface area contributed by atoms with Gasteiger partial charge in [-0.3, -0.25) is 4.79 Å². The number of halogens is 2. The van der Waals surface area contributed by atoms with E-state index >= 15 is 0 Å². The molecule has 0 unspecified atom stereocenters. The number of pyridine rings is 1. The Labute approximate surface area is 148 Å². The minimum absolute atomic E-state index is 0.129. The number of methoxy groups -OCH3 is 1. The van der Waals surface area contributed by atoms with Crippen molar-refractivity contribution >= 4 is 40.8 Å². The summed E-state index contributed by atoms with van der Waals surface area (Å²) < 4.78 is 10.2. The highest BCUT2D eigenvalue weighted by Crippen LogP contribution is 2.24. The van der Waals surface area contributed by atoms with Gasteiger partial charge in [0.05, 0.1) is 12.8 Å². The molecule has 2 rings (SSSR count). The lowest BCUT2D eigenvalue weighted by Crippen LogP contribution is -2.30. The lowest BCUT2D eigenvalue weighted by atomic mass is 10.2. The van der Waals surface area contributed by atoms with Gasteiger partial charge in [-0.25, -0.2) is 9.78 Å². The number of nitrogens with zero attached hydrogens (tertiary/aromatic N) is 1. The van der Waals surface area contributed by atoms with Crippen LogP contribution in [0.5, 0.6) is 5.75 Å². The van der Waals surface area contributed by atoms with Crippen LogP contribution < -0.4 is 10.1 Å². The zero-order chi connectivity index (χ0) is 17.7. The van der Waals surface area contributed by atoms with E-state index in [9.17, 15) is 9.59 Å². The van der Waals surface area contributed by atoms with Gasteiger partial charge in [0.1, 0.15) is 11.3 Å². The van der Waals surface area contributed by atoms with Gasteiger partial charge in [0, 0.05) is 11.2 Å². The van der Waals surface area contributed by atoms with Crippen molar-refractivity contribution in [2.45, 2.75) is 13.0 Å². The summed E-state index contributed by atoms with van der Waals surface area (Å²) in [6.45, 7) is 1.44. The van der Waals surface area contributed by atoms with Crippen LogP contribution >= 0.6 is 23.2 Å². The van der Waals surface area contributed by atoms with E-state index in [1.54, 1.807) is 24.3 Å². The molecule has 0 spiro atoms. The molecule has 0 aliphatic carbocycles. The summed E-state index contributed by atoms with van der Waals surface area (Å²) in [4.78, 5) is 28.2. The summed E-state index contributed by atoms with van der Waals surface area (Å²) >= 11 is 11.7. The Hall–Kier alpha value is -2.31. The molecular weight excluding hydrogens is 355 g/mol. The van der Waals surface area contributed by atoms with E-state index in [0.29, 0.717) is 16.5 Å². The van der Waals surface area contributed by atoms with Crippen LogP contribution in [0.2, 0.25) is 10.2 Å². The maximum absolute atomic E-state index is 12.2. The Bertz CT molecular complexity index is 767. The zero-order valence-corrected chi connectivity index (χ0v) is 14.4. The van der Waals surface area contributed by atoms with Gasteiger partial charge in [-0.05, 0) is 37.3 Å². The summed E-state index contributed by atoms with van der Waals surface area (Å²) in [5.41, 5.74) is 0.455. The second kappa shape index (κ2) is 7.99. The topological polar surface area (TPSA) is 77.5 Å². The van der Waals surface area contributed by atoms with Crippen molar-refractivity contribution in [1.29, 1.82) is 0 Å². The fourth-order valence-corrected chi connectivity index (χ4v) is 2.17. The van der Waals surface area contributed by atoms with Crippen LogP contribution in [-0.2, 0) is 9.53 Å². The number of nitrogens with one attached hydrogen (secondary N) is 1. The number of carbonyl (C=O) groups is 2. The summed E-state index contributed by atoms with van der Waals surface area (Å²) in [5, 5.41) is 3.03. The molecule has 0 radical (unpaired) electrons. The first kappa shape index (κ1) is 18.0. The number of ether oxygens (including phenoxy) is 2. The highest BCUT2D eigenvalue weighted by Gasteiger charge is 2.22. The quantitative estimate of drug-likeness (QED) is 0.644. The van der Waals surface area contributed by atoms with Crippen molar-refractivity contribution in [3.63, 3.8) is 0 Å². The van der Waals surface area contributed by atoms with Crippen molar-refractivity contribution in [2.75, 3.05) is 12.4 Å². The van der Waals surface area contributed by atoms with Crippen LogP contribution in [-0.4, -0.2) is 30.1 Å². The summed E-state index contributed by atoms with van der Waals surface area (Å²) in [7, 11) is 1.42. The van der Waals surface area contributed by atoms with Gasteiger partial charge < -0.3 is 14.8 Å². The number of benzene rings is 1. The second-order valence-corrected chi connectivity index (χ2v) is 5.52. The van der Waals surface area contributed by atoms with E-state index in [2.05, 4.69) is 10.3 Å². The van der Waals surface area contributed by atoms with Crippen LogP contribution in [0.3, 0.4) is 0 Å². The molecule has 0 aliphatic rings. The number of aromatic nitrogens is 1. The van der Waals surface area contributed by atoms with Crippen molar-refractivity contribution < 1.29 is 19.1 Å². The van der Waals surface area contributed by atoms with E-state index in [-0.39, 0.29) is 10.7 Å². The second-order valence-electron chi connectivity index (χ2n) is 4.72. The third-order valence-electron chi connectivity index (χ3n) is 3.05. The normalized spacial score (nSPS) is 11.5. The van der Waals surface area contributed by atoms with Crippen LogP contribution in [0.25, 0.3) is 0 Å². The first-order valence-corrected chi connectivity index (χ1v) is 7.64. The molecule has 0 aliphatic heterocycles. The lowest BCUT2D eigenvalue weighted by Gasteiger charge is -2.15. The summed E-state index contributed by atoms with van der Waals surface area (Å²) in [6.07, 6.45) is 0.435. The van der Waals surface area contributed by atoms with Gasteiger partial charge in [0.25, 0.3) is 5.91 Å². The van der Waals surface area contributed by atoms with Gasteiger partial charge in [0.2, 0.25) is 0 Å². The van der Waals surface area contributed by atoms with Gasteiger partial charge >= 0.3 is 5.97 Å². The predicted octanol–water partition coefficient (Wildman–Crippen LogP) is 3.58. The molecule has 1 aromatic carbocycles. The fraction of sp³-hybridized carbons (Fsp3) is 0.188. The van der Waals surface area contributed by atoms with Crippen LogP contribution in [0.1, 0.15) is 17.3 Å². The Balaban J connectivity index is 2.07. The molecule has 1 heterocycles. The summed E-state index contributed by atoms with van der Waals surface area (Å²) in [6, 6.07) is 7.74. The predicted molar refractivity (Wildman–Crippen MR) is 90.8 cm³/mol. The zero-order valence-electron chi connectivity index (χ0n) is 12.9. The lowest BCUT2D eigenvalue weighted by molar-refractivity contribution is -0.123. The number of hydrogen-bond acceptors (Lipinski definition) is 5. The molecule has 0 saturated heterocycles. The third kappa shape index (κ3) is 4.37. The van der Waals surface area contributed by atoms with Gasteiger partial charge in [-0.2, -0.15) is 0 Å². The highest BCUT2D eigenvalue weighted by atomic mass is 35.5. The van der Waals surface area contributed by atoms with Crippen LogP contribution in [0.15, 0.2) is 36.5 Å². The van der Waals surface area contributed by atoms with E-state index < -0.39 is 18.0 Å². The summed E-state index contributed by atoms with van der Waals surface area (Å²) in [5.74, 6) is -0.971. The molecule has 1 amide bonds. The first-order chi connectivity index (χ1) is 11.4. The van der Waals surface area contributed by atoms with Crippen molar-refractivity contribution in [1.82, 2.24) is 4.98 Å². The van der Waals surface area contributed by atoms with E-state index in [4.69, 9.17) is 32.7 Å². The number of amides is 1.